The number of nitrogens with one attached hydrogen (secondary N) is 2. The van der Waals surface area contributed by atoms with Crippen molar-refractivity contribution in [3.8, 4) is 5.88 Å². The molecule has 2 aromatic heterocycles. The number of fused-ring (bicyclic) bond motifs is 1. The third-order valence-electron chi connectivity index (χ3n) is 5.16. The molecule has 0 bridgehead atoms. The maximum absolute atomic E-state index is 13.9. The van der Waals surface area contributed by atoms with Gasteiger partial charge in [-0.3, -0.25) is 0 Å². The molecule has 0 saturated carbocycles. The van der Waals surface area contributed by atoms with Crippen LogP contribution in [0.15, 0.2) is 24.3 Å². The molecule has 0 amide bonds. The fraction of sp³-hybridized carbons (Fsp3) is 0.444. The molecule has 4 rings (SSSR count). The predicted molar refractivity (Wildman–Crippen MR) is 97.5 cm³/mol. The lowest BCUT2D eigenvalue weighted by atomic mass is 10.0. The Kier molecular flexibility index (Phi) is 4.64. The van der Waals surface area contributed by atoms with E-state index in [2.05, 4.69) is 17.1 Å². The summed E-state index contributed by atoms with van der Waals surface area (Å²) in [5, 5.41) is 15.2. The SMILES string of the molecule is CCc1nc2sc([C@H](c3cccc(F)c3)[NH+]3CC[NH+](C)CC3)c(O)n2n1. The average molecular weight is 377 g/mol. The van der Waals surface area contributed by atoms with Crippen LogP contribution in [-0.4, -0.2) is 52.9 Å². The third kappa shape index (κ3) is 3.08. The normalized spacial score (nSPS) is 22.0. The van der Waals surface area contributed by atoms with Gasteiger partial charge in [0.15, 0.2) is 11.9 Å². The zero-order valence-corrected chi connectivity index (χ0v) is 15.8. The summed E-state index contributed by atoms with van der Waals surface area (Å²) in [5.74, 6) is 0.597. The lowest BCUT2D eigenvalue weighted by Gasteiger charge is -2.33. The molecule has 1 aliphatic rings. The molecule has 3 N–H and O–H groups in total. The van der Waals surface area contributed by atoms with Crippen LogP contribution in [0.2, 0.25) is 0 Å². The molecule has 1 aliphatic heterocycles. The minimum atomic E-state index is -0.251. The van der Waals surface area contributed by atoms with Gasteiger partial charge in [0.2, 0.25) is 10.8 Å². The Balaban J connectivity index is 1.79. The molecule has 6 nitrogen and oxygen atoms in total. The number of hydrogen-bond acceptors (Lipinski definition) is 4. The Bertz CT molecular complexity index is 916. The van der Waals surface area contributed by atoms with E-state index in [4.69, 9.17) is 0 Å². The minimum Gasteiger partial charge on any atom is -0.492 e. The molecule has 3 heterocycles. The van der Waals surface area contributed by atoms with Crippen molar-refractivity contribution in [3.05, 3.63) is 46.3 Å². The first kappa shape index (κ1) is 17.4. The van der Waals surface area contributed by atoms with Gasteiger partial charge in [-0.2, -0.15) is 4.52 Å². The van der Waals surface area contributed by atoms with Gasteiger partial charge in [0.25, 0.3) is 0 Å². The summed E-state index contributed by atoms with van der Waals surface area (Å²) in [6, 6.07) is 6.60. The van der Waals surface area contributed by atoms with E-state index in [0.29, 0.717) is 4.96 Å². The highest BCUT2D eigenvalue weighted by molar-refractivity contribution is 7.17. The maximum atomic E-state index is 13.9. The number of aryl methyl sites for hydroxylation is 1. The second-order valence-electron chi connectivity index (χ2n) is 6.97. The summed E-state index contributed by atoms with van der Waals surface area (Å²) < 4.78 is 15.4. The van der Waals surface area contributed by atoms with Crippen molar-refractivity contribution in [2.75, 3.05) is 33.2 Å². The summed E-state index contributed by atoms with van der Waals surface area (Å²) in [4.78, 5) is 8.83. The van der Waals surface area contributed by atoms with Gasteiger partial charge in [-0.1, -0.05) is 30.4 Å². The van der Waals surface area contributed by atoms with E-state index in [9.17, 15) is 9.50 Å². The fourth-order valence-corrected chi connectivity index (χ4v) is 4.83. The number of benzene rings is 1. The maximum Gasteiger partial charge on any atom is 0.235 e. The predicted octanol–water partition coefficient (Wildman–Crippen LogP) is -0.299. The van der Waals surface area contributed by atoms with Gasteiger partial charge in [0, 0.05) is 12.0 Å². The third-order valence-corrected chi connectivity index (χ3v) is 6.24. The van der Waals surface area contributed by atoms with Crippen LogP contribution in [0.1, 0.15) is 29.2 Å². The van der Waals surface area contributed by atoms with E-state index < -0.39 is 0 Å². The average Bonchev–Trinajstić information content (AvgIpc) is 3.17. The van der Waals surface area contributed by atoms with Crippen LogP contribution in [0.4, 0.5) is 4.39 Å². The quantitative estimate of drug-likeness (QED) is 0.585. The van der Waals surface area contributed by atoms with Crippen LogP contribution < -0.4 is 9.80 Å². The Morgan fingerprint density at radius 3 is 2.73 bits per heavy atom. The molecule has 0 unspecified atom stereocenters. The number of quaternary nitrogens is 2. The van der Waals surface area contributed by atoms with Gasteiger partial charge in [-0.15, -0.1) is 5.10 Å². The van der Waals surface area contributed by atoms with Crippen molar-refractivity contribution in [2.45, 2.75) is 19.4 Å². The van der Waals surface area contributed by atoms with E-state index in [-0.39, 0.29) is 17.7 Å². The van der Waals surface area contributed by atoms with Crippen LogP contribution in [0.25, 0.3) is 4.96 Å². The van der Waals surface area contributed by atoms with Crippen molar-refractivity contribution < 1.29 is 19.3 Å². The number of halogens is 1. The Hall–Kier alpha value is -2.03. The van der Waals surface area contributed by atoms with Crippen LogP contribution in [0, 0.1) is 5.82 Å². The van der Waals surface area contributed by atoms with Gasteiger partial charge in [0.05, 0.1) is 7.05 Å². The minimum absolute atomic E-state index is 0.114. The van der Waals surface area contributed by atoms with E-state index in [0.717, 1.165) is 48.9 Å². The lowest BCUT2D eigenvalue weighted by Crippen LogP contribution is -3.27. The van der Waals surface area contributed by atoms with E-state index in [1.165, 1.54) is 31.7 Å². The van der Waals surface area contributed by atoms with Crippen molar-refractivity contribution in [1.82, 2.24) is 14.6 Å². The van der Waals surface area contributed by atoms with Gasteiger partial charge in [0.1, 0.15) is 36.9 Å². The second-order valence-corrected chi connectivity index (χ2v) is 7.98. The fourth-order valence-electron chi connectivity index (χ4n) is 3.67. The summed E-state index contributed by atoms with van der Waals surface area (Å²) in [5.41, 5.74) is 0.884. The molecular formula is C18H24FN5OS+2. The first-order chi connectivity index (χ1) is 12.6. The number of aromatic nitrogens is 3. The summed E-state index contributed by atoms with van der Waals surface area (Å²) in [7, 11) is 2.20. The molecule has 8 heteroatoms. The van der Waals surface area contributed by atoms with Crippen LogP contribution in [-0.2, 0) is 6.42 Å². The zero-order chi connectivity index (χ0) is 18.3. The first-order valence-electron chi connectivity index (χ1n) is 9.05. The van der Waals surface area contributed by atoms with Crippen LogP contribution in [0.5, 0.6) is 5.88 Å². The van der Waals surface area contributed by atoms with Crippen molar-refractivity contribution >= 4 is 16.3 Å². The molecule has 1 aromatic carbocycles. The van der Waals surface area contributed by atoms with Gasteiger partial charge < -0.3 is 14.9 Å². The number of hydrogen-bond donors (Lipinski definition) is 3. The molecule has 1 fully saturated rings. The Labute approximate surface area is 155 Å². The van der Waals surface area contributed by atoms with Gasteiger partial charge in [-0.05, 0) is 12.1 Å². The molecule has 0 radical (unpaired) electrons. The molecule has 0 aliphatic carbocycles. The first-order valence-corrected chi connectivity index (χ1v) is 9.87. The van der Waals surface area contributed by atoms with Gasteiger partial charge >= 0.3 is 0 Å². The highest BCUT2D eigenvalue weighted by Crippen LogP contribution is 2.35. The van der Waals surface area contributed by atoms with E-state index in [1.54, 1.807) is 12.1 Å². The lowest BCUT2D eigenvalue weighted by molar-refractivity contribution is -1.02. The molecule has 138 valence electrons. The van der Waals surface area contributed by atoms with Crippen LogP contribution in [0.3, 0.4) is 0 Å². The van der Waals surface area contributed by atoms with Crippen molar-refractivity contribution in [2.24, 2.45) is 0 Å². The largest absolute Gasteiger partial charge is 0.492 e. The van der Waals surface area contributed by atoms with Crippen molar-refractivity contribution in [3.63, 3.8) is 0 Å². The standard InChI is InChI=1S/C18H22FN5OS/c1-3-14-20-18-24(21-14)17(25)16(26-18)15(12-5-4-6-13(19)11-12)23-9-7-22(2)8-10-23/h4-6,11,15,25H,3,7-10H2,1-2H3/p+2/t15-/m0/s1. The monoisotopic (exact) mass is 377 g/mol. The topological polar surface area (TPSA) is 59.3 Å². The summed E-state index contributed by atoms with van der Waals surface area (Å²) in [6.07, 6.45) is 0.725. The Morgan fingerprint density at radius 1 is 1.31 bits per heavy atom. The van der Waals surface area contributed by atoms with E-state index >= 15 is 0 Å². The van der Waals surface area contributed by atoms with Gasteiger partial charge in [-0.25, -0.2) is 9.37 Å². The highest BCUT2D eigenvalue weighted by atomic mass is 32.1. The number of piperazine rings is 1. The molecule has 1 atom stereocenters. The smallest absolute Gasteiger partial charge is 0.235 e. The highest BCUT2D eigenvalue weighted by Gasteiger charge is 2.35. The molecular weight excluding hydrogens is 353 g/mol. The summed E-state index contributed by atoms with van der Waals surface area (Å²) >= 11 is 1.45. The zero-order valence-electron chi connectivity index (χ0n) is 15.0. The number of nitrogens with zero attached hydrogens (tertiary/aromatic N) is 3. The number of likely N-dealkylation sites (N-methyl/N-ethyl adjacent to an activating group) is 1. The molecule has 3 aromatic rings. The number of thiazole rings is 1. The number of aromatic hydroxyl groups is 1. The number of rotatable bonds is 4. The van der Waals surface area contributed by atoms with Crippen molar-refractivity contribution in [1.29, 1.82) is 0 Å². The van der Waals surface area contributed by atoms with E-state index in [1.807, 2.05) is 13.0 Å². The summed E-state index contributed by atoms with van der Waals surface area (Å²) in [6.45, 7) is 6.05. The molecule has 0 spiro atoms. The second kappa shape index (κ2) is 6.94. The molecule has 26 heavy (non-hydrogen) atoms. The molecule has 1 saturated heterocycles. The van der Waals surface area contributed by atoms with Crippen LogP contribution >= 0.6 is 11.3 Å². The Morgan fingerprint density at radius 2 is 2.08 bits per heavy atom.